The molecule has 0 bridgehead atoms. The SMILES string of the molecule is Cc1nonc1NC(=O)[C@H]1CCCN1S(=O)(=O)c1ccccc1. The van der Waals surface area contributed by atoms with Gasteiger partial charge in [0.05, 0.1) is 4.90 Å². The third-order valence-corrected chi connectivity index (χ3v) is 5.67. The first-order valence-corrected chi connectivity index (χ1v) is 8.61. The van der Waals surface area contributed by atoms with Crippen molar-refractivity contribution in [3.8, 4) is 0 Å². The summed E-state index contributed by atoms with van der Waals surface area (Å²) in [5, 5.41) is 9.74. The second-order valence-corrected chi connectivity index (χ2v) is 7.16. The third-order valence-electron chi connectivity index (χ3n) is 3.75. The zero-order valence-electron chi connectivity index (χ0n) is 12.5. The van der Waals surface area contributed by atoms with Gasteiger partial charge in [0.1, 0.15) is 11.7 Å². The number of amides is 1. The Kier molecular flexibility index (Phi) is 4.14. The standard InChI is InChI=1S/C14H16N4O4S/c1-10-13(17-22-16-10)15-14(19)12-8-5-9-18(12)23(20,21)11-6-3-2-4-7-11/h2-4,6-7,12H,5,8-9H2,1H3,(H,15,17,19)/t12-/m1/s1. The van der Waals surface area contributed by atoms with Crippen LogP contribution in [0.5, 0.6) is 0 Å². The molecule has 1 N–H and O–H groups in total. The van der Waals surface area contributed by atoms with Gasteiger partial charge < -0.3 is 5.32 Å². The molecular formula is C14H16N4O4S. The second kappa shape index (κ2) is 6.09. The summed E-state index contributed by atoms with van der Waals surface area (Å²) in [7, 11) is -3.71. The average Bonchev–Trinajstić information content (AvgIpc) is 3.18. The predicted molar refractivity (Wildman–Crippen MR) is 81.0 cm³/mol. The van der Waals surface area contributed by atoms with Crippen LogP contribution in [0.15, 0.2) is 39.9 Å². The van der Waals surface area contributed by atoms with E-state index >= 15 is 0 Å². The number of carbonyl (C=O) groups excluding carboxylic acids is 1. The molecule has 1 fully saturated rings. The van der Waals surface area contributed by atoms with Crippen molar-refractivity contribution in [1.29, 1.82) is 0 Å². The van der Waals surface area contributed by atoms with Crippen molar-refractivity contribution in [2.45, 2.75) is 30.7 Å². The summed E-state index contributed by atoms with van der Waals surface area (Å²) in [6.07, 6.45) is 1.09. The van der Waals surface area contributed by atoms with Gasteiger partial charge >= 0.3 is 0 Å². The Bertz CT molecular complexity index is 803. The molecule has 1 aliphatic heterocycles. The maximum atomic E-state index is 12.7. The number of hydrogen-bond acceptors (Lipinski definition) is 6. The lowest BCUT2D eigenvalue weighted by Crippen LogP contribution is -2.43. The second-order valence-electron chi connectivity index (χ2n) is 5.27. The molecule has 1 aliphatic rings. The quantitative estimate of drug-likeness (QED) is 0.898. The van der Waals surface area contributed by atoms with E-state index in [1.807, 2.05) is 0 Å². The van der Waals surface area contributed by atoms with Gasteiger partial charge in [-0.1, -0.05) is 23.4 Å². The molecule has 0 aliphatic carbocycles. The summed E-state index contributed by atoms with van der Waals surface area (Å²) in [5.74, 6) is -0.222. The number of nitrogens with zero attached hydrogens (tertiary/aromatic N) is 3. The number of rotatable bonds is 4. The number of benzene rings is 1. The van der Waals surface area contributed by atoms with Gasteiger partial charge in [-0.05, 0) is 37.1 Å². The number of sulfonamides is 1. The normalized spacial score (nSPS) is 18.9. The number of carbonyl (C=O) groups is 1. The number of aryl methyl sites for hydroxylation is 1. The Hall–Kier alpha value is -2.26. The van der Waals surface area contributed by atoms with Crippen molar-refractivity contribution in [3.05, 3.63) is 36.0 Å². The van der Waals surface area contributed by atoms with Crippen LogP contribution in [0.3, 0.4) is 0 Å². The summed E-state index contributed by atoms with van der Waals surface area (Å²) in [6, 6.07) is 7.33. The Morgan fingerprint density at radius 1 is 1.30 bits per heavy atom. The first kappa shape index (κ1) is 15.6. The van der Waals surface area contributed by atoms with E-state index in [1.165, 1.54) is 16.4 Å². The molecule has 1 saturated heterocycles. The van der Waals surface area contributed by atoms with Gasteiger partial charge in [0.15, 0.2) is 5.82 Å². The van der Waals surface area contributed by atoms with Crippen LogP contribution in [0.1, 0.15) is 18.5 Å². The molecule has 1 aromatic carbocycles. The van der Waals surface area contributed by atoms with Gasteiger partial charge in [-0.2, -0.15) is 4.31 Å². The molecule has 3 rings (SSSR count). The maximum Gasteiger partial charge on any atom is 0.244 e. The number of aromatic nitrogens is 2. The van der Waals surface area contributed by atoms with Crippen LogP contribution in [-0.2, 0) is 14.8 Å². The van der Waals surface area contributed by atoms with E-state index in [-0.39, 0.29) is 10.7 Å². The lowest BCUT2D eigenvalue weighted by molar-refractivity contribution is -0.119. The summed E-state index contributed by atoms with van der Waals surface area (Å²) >= 11 is 0. The van der Waals surface area contributed by atoms with E-state index in [9.17, 15) is 13.2 Å². The van der Waals surface area contributed by atoms with E-state index in [1.54, 1.807) is 25.1 Å². The highest BCUT2D eigenvalue weighted by Crippen LogP contribution is 2.26. The largest absolute Gasteiger partial charge is 0.305 e. The van der Waals surface area contributed by atoms with Gasteiger partial charge in [0.2, 0.25) is 15.9 Å². The molecule has 1 amide bonds. The van der Waals surface area contributed by atoms with E-state index in [4.69, 9.17) is 0 Å². The molecular weight excluding hydrogens is 320 g/mol. The average molecular weight is 336 g/mol. The minimum Gasteiger partial charge on any atom is -0.305 e. The van der Waals surface area contributed by atoms with E-state index in [0.717, 1.165) is 0 Å². The Labute approximate surface area is 133 Å². The monoisotopic (exact) mass is 336 g/mol. The maximum absolute atomic E-state index is 12.7. The summed E-state index contributed by atoms with van der Waals surface area (Å²) in [4.78, 5) is 12.6. The van der Waals surface area contributed by atoms with Crippen LogP contribution in [0.4, 0.5) is 5.82 Å². The third kappa shape index (κ3) is 2.97. The van der Waals surface area contributed by atoms with E-state index < -0.39 is 22.0 Å². The fraction of sp³-hybridized carbons (Fsp3) is 0.357. The van der Waals surface area contributed by atoms with Crippen LogP contribution in [-0.4, -0.2) is 41.5 Å². The molecule has 8 nitrogen and oxygen atoms in total. The molecule has 9 heteroatoms. The highest BCUT2D eigenvalue weighted by molar-refractivity contribution is 7.89. The Morgan fingerprint density at radius 3 is 2.70 bits per heavy atom. The number of nitrogens with one attached hydrogen (secondary N) is 1. The van der Waals surface area contributed by atoms with Crippen LogP contribution in [0.25, 0.3) is 0 Å². The van der Waals surface area contributed by atoms with Gasteiger partial charge in [0.25, 0.3) is 0 Å². The minimum absolute atomic E-state index is 0.180. The Morgan fingerprint density at radius 2 is 2.04 bits per heavy atom. The molecule has 2 heterocycles. The van der Waals surface area contributed by atoms with Crippen LogP contribution < -0.4 is 5.32 Å². The van der Waals surface area contributed by atoms with Gasteiger partial charge in [0, 0.05) is 6.54 Å². The smallest absolute Gasteiger partial charge is 0.244 e. The minimum atomic E-state index is -3.71. The summed E-state index contributed by atoms with van der Waals surface area (Å²) < 4.78 is 31.2. The van der Waals surface area contributed by atoms with Gasteiger partial charge in [-0.25, -0.2) is 13.0 Å². The molecule has 122 valence electrons. The van der Waals surface area contributed by atoms with Gasteiger partial charge in [-0.3, -0.25) is 4.79 Å². The fourth-order valence-electron chi connectivity index (χ4n) is 2.56. The lowest BCUT2D eigenvalue weighted by Gasteiger charge is -2.23. The fourth-order valence-corrected chi connectivity index (χ4v) is 4.24. The van der Waals surface area contributed by atoms with E-state index in [2.05, 4.69) is 20.3 Å². The highest BCUT2D eigenvalue weighted by Gasteiger charge is 2.39. The molecule has 1 aromatic heterocycles. The van der Waals surface area contributed by atoms with Crippen molar-refractivity contribution in [3.63, 3.8) is 0 Å². The zero-order valence-corrected chi connectivity index (χ0v) is 13.3. The van der Waals surface area contributed by atoms with Crippen LogP contribution >= 0.6 is 0 Å². The van der Waals surface area contributed by atoms with Crippen molar-refractivity contribution in [2.75, 3.05) is 11.9 Å². The van der Waals surface area contributed by atoms with Crippen LogP contribution in [0, 0.1) is 6.92 Å². The first-order chi connectivity index (χ1) is 11.0. The predicted octanol–water partition coefficient (Wildman–Crippen LogP) is 1.17. The van der Waals surface area contributed by atoms with Crippen molar-refractivity contribution in [1.82, 2.24) is 14.6 Å². The summed E-state index contributed by atoms with van der Waals surface area (Å²) in [6.45, 7) is 1.95. The first-order valence-electron chi connectivity index (χ1n) is 7.17. The van der Waals surface area contributed by atoms with Crippen LogP contribution in [0.2, 0.25) is 0 Å². The topological polar surface area (TPSA) is 105 Å². The lowest BCUT2D eigenvalue weighted by atomic mass is 10.2. The highest BCUT2D eigenvalue weighted by atomic mass is 32.2. The van der Waals surface area contributed by atoms with Crippen molar-refractivity contribution in [2.24, 2.45) is 0 Å². The van der Waals surface area contributed by atoms with Gasteiger partial charge in [-0.15, -0.1) is 0 Å². The molecule has 0 spiro atoms. The molecule has 0 saturated carbocycles. The Balaban J connectivity index is 1.83. The van der Waals surface area contributed by atoms with Crippen molar-refractivity contribution < 1.29 is 17.8 Å². The van der Waals surface area contributed by atoms with E-state index in [0.29, 0.717) is 25.1 Å². The molecule has 0 unspecified atom stereocenters. The molecule has 2 aromatic rings. The number of hydrogen-bond donors (Lipinski definition) is 1. The number of anilines is 1. The molecule has 23 heavy (non-hydrogen) atoms. The molecule has 0 radical (unpaired) electrons. The zero-order chi connectivity index (χ0) is 16.4. The molecule has 1 atom stereocenters. The van der Waals surface area contributed by atoms with Crippen molar-refractivity contribution >= 4 is 21.7 Å². The summed E-state index contributed by atoms with van der Waals surface area (Å²) in [5.41, 5.74) is 0.439.